The molecular weight excluding hydrogens is 206 g/mol. The Morgan fingerprint density at radius 1 is 1.12 bits per heavy atom. The molecule has 0 radical (unpaired) electrons. The van der Waals surface area contributed by atoms with E-state index < -0.39 is 0 Å². The Balaban J connectivity index is 1.88. The van der Waals surface area contributed by atoms with E-state index in [-0.39, 0.29) is 0 Å². The van der Waals surface area contributed by atoms with Gasteiger partial charge in [0.05, 0.1) is 0 Å². The van der Waals surface area contributed by atoms with Crippen LogP contribution in [0.1, 0.15) is 17.5 Å². The summed E-state index contributed by atoms with van der Waals surface area (Å²) in [4.78, 5) is 0. The molecule has 1 heteroatoms. The Labute approximate surface area is 103 Å². The fourth-order valence-corrected chi connectivity index (χ4v) is 2.76. The normalized spacial score (nSPS) is 19.9. The van der Waals surface area contributed by atoms with Crippen LogP contribution in [-0.4, -0.2) is 13.1 Å². The largest absolute Gasteiger partial charge is 0.316 e. The Hall–Kier alpha value is -1.34. The Kier molecular flexibility index (Phi) is 2.86. The summed E-state index contributed by atoms with van der Waals surface area (Å²) in [6, 6.07) is 13.6. The molecule has 1 unspecified atom stereocenters. The topological polar surface area (TPSA) is 12.0 Å². The van der Waals surface area contributed by atoms with Gasteiger partial charge < -0.3 is 5.32 Å². The smallest absolute Gasteiger partial charge is 0.00169 e. The van der Waals surface area contributed by atoms with E-state index in [0.29, 0.717) is 0 Å². The molecule has 0 amide bonds. The van der Waals surface area contributed by atoms with Gasteiger partial charge in [0, 0.05) is 0 Å². The van der Waals surface area contributed by atoms with Crippen molar-refractivity contribution in [2.45, 2.75) is 19.8 Å². The number of nitrogens with one attached hydrogen (secondary N) is 1. The third-order valence-corrected chi connectivity index (χ3v) is 3.75. The summed E-state index contributed by atoms with van der Waals surface area (Å²) in [5.41, 5.74) is 2.82. The second kappa shape index (κ2) is 4.50. The highest BCUT2D eigenvalue weighted by Gasteiger charge is 2.14. The Morgan fingerprint density at radius 3 is 2.76 bits per heavy atom. The van der Waals surface area contributed by atoms with Crippen LogP contribution >= 0.6 is 0 Å². The van der Waals surface area contributed by atoms with Gasteiger partial charge in [0.25, 0.3) is 0 Å². The first kappa shape index (κ1) is 10.8. The molecule has 2 aromatic rings. The maximum Gasteiger partial charge on any atom is -0.00169 e. The van der Waals surface area contributed by atoms with Crippen LogP contribution in [-0.2, 0) is 6.42 Å². The van der Waals surface area contributed by atoms with Crippen molar-refractivity contribution in [3.63, 3.8) is 0 Å². The zero-order valence-electron chi connectivity index (χ0n) is 10.4. The summed E-state index contributed by atoms with van der Waals surface area (Å²) in [6.07, 6.45) is 2.54. The number of hydrogen-bond acceptors (Lipinski definition) is 1. The van der Waals surface area contributed by atoms with E-state index in [1.807, 2.05) is 0 Å². The highest BCUT2D eigenvalue weighted by atomic mass is 14.9. The number of aryl methyl sites for hydroxylation is 1. The maximum absolute atomic E-state index is 3.44. The van der Waals surface area contributed by atoms with Crippen LogP contribution in [0.4, 0.5) is 0 Å². The van der Waals surface area contributed by atoms with Gasteiger partial charge in [-0.3, -0.25) is 0 Å². The molecule has 1 saturated heterocycles. The second-order valence-electron chi connectivity index (χ2n) is 5.25. The lowest BCUT2D eigenvalue weighted by Crippen LogP contribution is -2.10. The molecule has 1 atom stereocenters. The maximum atomic E-state index is 3.44. The van der Waals surface area contributed by atoms with Crippen molar-refractivity contribution < 1.29 is 0 Å². The number of fused-ring (bicyclic) bond motifs is 1. The van der Waals surface area contributed by atoms with E-state index in [0.717, 1.165) is 5.92 Å². The molecule has 17 heavy (non-hydrogen) atoms. The predicted molar refractivity (Wildman–Crippen MR) is 73.4 cm³/mol. The summed E-state index contributed by atoms with van der Waals surface area (Å²) in [5, 5.41) is 6.17. The van der Waals surface area contributed by atoms with Gasteiger partial charge in [0.2, 0.25) is 0 Å². The molecule has 1 aliphatic heterocycles. The summed E-state index contributed by atoms with van der Waals surface area (Å²) in [6.45, 7) is 4.53. The van der Waals surface area contributed by atoms with E-state index in [4.69, 9.17) is 0 Å². The zero-order chi connectivity index (χ0) is 11.7. The molecule has 1 heterocycles. The second-order valence-corrected chi connectivity index (χ2v) is 5.25. The molecule has 0 spiro atoms. The van der Waals surface area contributed by atoms with Gasteiger partial charge in [-0.1, -0.05) is 42.0 Å². The highest BCUT2D eigenvalue weighted by molar-refractivity contribution is 5.83. The molecule has 0 bridgehead atoms. The van der Waals surface area contributed by atoms with Crippen LogP contribution in [0.25, 0.3) is 10.8 Å². The lowest BCUT2D eigenvalue weighted by Gasteiger charge is -2.09. The van der Waals surface area contributed by atoms with Gasteiger partial charge >= 0.3 is 0 Å². The summed E-state index contributed by atoms with van der Waals surface area (Å²) in [7, 11) is 0. The third-order valence-electron chi connectivity index (χ3n) is 3.75. The summed E-state index contributed by atoms with van der Waals surface area (Å²) >= 11 is 0. The van der Waals surface area contributed by atoms with E-state index in [1.165, 1.54) is 47.8 Å². The SMILES string of the molecule is Cc1ccc2cc(CC3CCNC3)ccc2c1. The van der Waals surface area contributed by atoms with Crippen molar-refractivity contribution in [3.8, 4) is 0 Å². The molecule has 0 saturated carbocycles. The standard InChI is InChI=1S/C16H19N/c1-12-2-4-16-10-13(3-5-15(16)8-12)9-14-6-7-17-11-14/h2-5,8,10,14,17H,6-7,9,11H2,1H3. The van der Waals surface area contributed by atoms with Crippen molar-refractivity contribution >= 4 is 10.8 Å². The first-order valence-corrected chi connectivity index (χ1v) is 6.51. The predicted octanol–water partition coefficient (Wildman–Crippen LogP) is 3.30. The quantitative estimate of drug-likeness (QED) is 0.827. The summed E-state index contributed by atoms with van der Waals surface area (Å²) < 4.78 is 0. The van der Waals surface area contributed by atoms with Crippen LogP contribution in [0.3, 0.4) is 0 Å². The molecule has 1 fully saturated rings. The fourth-order valence-electron chi connectivity index (χ4n) is 2.76. The Bertz CT molecular complexity index is 524. The molecule has 1 N–H and O–H groups in total. The fraction of sp³-hybridized carbons (Fsp3) is 0.375. The number of benzene rings is 2. The molecule has 88 valence electrons. The van der Waals surface area contributed by atoms with Crippen molar-refractivity contribution in [2.75, 3.05) is 13.1 Å². The van der Waals surface area contributed by atoms with Gasteiger partial charge in [-0.15, -0.1) is 0 Å². The van der Waals surface area contributed by atoms with Crippen molar-refractivity contribution in [3.05, 3.63) is 47.5 Å². The van der Waals surface area contributed by atoms with Gasteiger partial charge in [0.15, 0.2) is 0 Å². The minimum absolute atomic E-state index is 0.831. The zero-order valence-corrected chi connectivity index (χ0v) is 10.4. The Morgan fingerprint density at radius 2 is 1.94 bits per heavy atom. The van der Waals surface area contributed by atoms with Crippen LogP contribution in [0, 0.1) is 12.8 Å². The van der Waals surface area contributed by atoms with Crippen LogP contribution in [0.15, 0.2) is 36.4 Å². The van der Waals surface area contributed by atoms with Crippen LogP contribution in [0.2, 0.25) is 0 Å². The van der Waals surface area contributed by atoms with Crippen molar-refractivity contribution in [2.24, 2.45) is 5.92 Å². The van der Waals surface area contributed by atoms with E-state index in [1.54, 1.807) is 0 Å². The van der Waals surface area contributed by atoms with Gasteiger partial charge in [-0.2, -0.15) is 0 Å². The highest BCUT2D eigenvalue weighted by Crippen LogP contribution is 2.21. The molecule has 0 aromatic heterocycles. The third kappa shape index (κ3) is 2.34. The van der Waals surface area contributed by atoms with Gasteiger partial charge in [-0.05, 0) is 55.1 Å². The van der Waals surface area contributed by atoms with E-state index >= 15 is 0 Å². The lowest BCUT2D eigenvalue weighted by molar-refractivity contribution is 0.580. The molecule has 1 aliphatic rings. The van der Waals surface area contributed by atoms with E-state index in [2.05, 4.69) is 48.6 Å². The first-order valence-electron chi connectivity index (χ1n) is 6.51. The monoisotopic (exact) mass is 225 g/mol. The molecule has 1 nitrogen and oxygen atoms in total. The average Bonchev–Trinajstić information content (AvgIpc) is 2.82. The van der Waals surface area contributed by atoms with Crippen LogP contribution < -0.4 is 5.32 Å². The average molecular weight is 225 g/mol. The first-order chi connectivity index (χ1) is 8.31. The van der Waals surface area contributed by atoms with Gasteiger partial charge in [0.1, 0.15) is 0 Å². The molecular formula is C16H19N. The van der Waals surface area contributed by atoms with E-state index in [9.17, 15) is 0 Å². The van der Waals surface area contributed by atoms with Crippen LogP contribution in [0.5, 0.6) is 0 Å². The number of hydrogen-bond donors (Lipinski definition) is 1. The van der Waals surface area contributed by atoms with Crippen molar-refractivity contribution in [1.82, 2.24) is 5.32 Å². The molecule has 3 rings (SSSR count). The minimum atomic E-state index is 0.831. The summed E-state index contributed by atoms with van der Waals surface area (Å²) in [5.74, 6) is 0.831. The van der Waals surface area contributed by atoms with Crippen molar-refractivity contribution in [1.29, 1.82) is 0 Å². The molecule has 2 aromatic carbocycles. The number of rotatable bonds is 2. The minimum Gasteiger partial charge on any atom is -0.316 e. The van der Waals surface area contributed by atoms with Gasteiger partial charge in [-0.25, -0.2) is 0 Å². The molecule has 0 aliphatic carbocycles. The lowest BCUT2D eigenvalue weighted by atomic mass is 9.96.